The lowest BCUT2D eigenvalue weighted by molar-refractivity contribution is -0.112. The van der Waals surface area contributed by atoms with Gasteiger partial charge in [0.25, 0.3) is 11.8 Å². The highest BCUT2D eigenvalue weighted by Gasteiger charge is 2.41. The normalized spacial score (nSPS) is 23.4. The standard InChI is InChI=1S/C24H35N3O5/c1-3-4-11-32-22-20-24(30)27-16(2)10-12-31-19(27)15-26(20)14-18(21(22)28)23(29)25-13-17-8-6-5-7-9-17/h14,16-17,19H,3-13,15H2,1-2H3,(H,25,29)/t16-,19+/m1/s1. The maximum absolute atomic E-state index is 13.4. The number of hydrogen-bond donors (Lipinski definition) is 1. The van der Waals surface area contributed by atoms with Crippen molar-refractivity contribution in [2.24, 2.45) is 5.92 Å². The number of amides is 2. The summed E-state index contributed by atoms with van der Waals surface area (Å²) in [5, 5.41) is 2.95. The van der Waals surface area contributed by atoms with Gasteiger partial charge in [0.15, 0.2) is 17.7 Å². The zero-order valence-electron chi connectivity index (χ0n) is 19.2. The molecule has 2 aliphatic heterocycles. The van der Waals surface area contributed by atoms with Gasteiger partial charge >= 0.3 is 0 Å². The van der Waals surface area contributed by atoms with Gasteiger partial charge in [-0.1, -0.05) is 32.6 Å². The van der Waals surface area contributed by atoms with Crippen LogP contribution in [-0.2, 0) is 11.3 Å². The van der Waals surface area contributed by atoms with Gasteiger partial charge in [0.1, 0.15) is 5.56 Å². The summed E-state index contributed by atoms with van der Waals surface area (Å²) in [6, 6.07) is 0.0204. The van der Waals surface area contributed by atoms with E-state index in [4.69, 9.17) is 9.47 Å². The van der Waals surface area contributed by atoms with Crippen molar-refractivity contribution in [3.05, 3.63) is 27.7 Å². The molecule has 3 heterocycles. The van der Waals surface area contributed by atoms with Crippen LogP contribution in [0.5, 0.6) is 5.75 Å². The summed E-state index contributed by atoms with van der Waals surface area (Å²) in [7, 11) is 0. The van der Waals surface area contributed by atoms with E-state index < -0.39 is 17.6 Å². The molecule has 1 aromatic heterocycles. The summed E-state index contributed by atoms with van der Waals surface area (Å²) in [4.78, 5) is 41.4. The van der Waals surface area contributed by atoms with Crippen LogP contribution in [0.25, 0.3) is 0 Å². The number of aromatic nitrogens is 1. The number of pyridine rings is 1. The average Bonchev–Trinajstić information content (AvgIpc) is 2.79. The van der Waals surface area contributed by atoms with Crippen molar-refractivity contribution in [2.75, 3.05) is 19.8 Å². The molecule has 2 atom stereocenters. The van der Waals surface area contributed by atoms with Crippen molar-refractivity contribution in [3.8, 4) is 5.75 Å². The number of nitrogens with zero attached hydrogens (tertiary/aromatic N) is 2. The molecule has 1 aromatic rings. The van der Waals surface area contributed by atoms with Crippen molar-refractivity contribution >= 4 is 11.8 Å². The minimum atomic E-state index is -0.508. The van der Waals surface area contributed by atoms with Crippen molar-refractivity contribution in [1.29, 1.82) is 0 Å². The molecule has 8 nitrogen and oxygen atoms in total. The van der Waals surface area contributed by atoms with Crippen LogP contribution in [0.3, 0.4) is 0 Å². The highest BCUT2D eigenvalue weighted by molar-refractivity contribution is 5.99. The lowest BCUT2D eigenvalue weighted by Crippen LogP contribution is -2.57. The first kappa shape index (κ1) is 22.8. The van der Waals surface area contributed by atoms with Crippen molar-refractivity contribution in [2.45, 2.75) is 84.0 Å². The molecule has 1 N–H and O–H groups in total. The summed E-state index contributed by atoms with van der Waals surface area (Å²) in [6.45, 7) is 5.88. The van der Waals surface area contributed by atoms with Crippen molar-refractivity contribution in [3.63, 3.8) is 0 Å². The fraction of sp³-hybridized carbons (Fsp3) is 0.708. The number of carbonyl (C=O) groups is 2. The SMILES string of the molecule is CCCCOc1c2n(cc(C(=O)NCC3CCCCC3)c1=O)C[C@@H]1OCC[C@@H](C)N1C2=O. The second-order valence-corrected chi connectivity index (χ2v) is 9.29. The van der Waals surface area contributed by atoms with Gasteiger partial charge in [-0.25, -0.2) is 0 Å². The number of ether oxygens (including phenoxy) is 2. The zero-order valence-corrected chi connectivity index (χ0v) is 19.2. The molecule has 0 spiro atoms. The van der Waals surface area contributed by atoms with E-state index in [-0.39, 0.29) is 29.0 Å². The van der Waals surface area contributed by atoms with Gasteiger partial charge < -0.3 is 24.3 Å². The smallest absolute Gasteiger partial charge is 0.276 e. The monoisotopic (exact) mass is 445 g/mol. The van der Waals surface area contributed by atoms with E-state index in [1.807, 2.05) is 13.8 Å². The predicted octanol–water partition coefficient (Wildman–Crippen LogP) is 2.93. The van der Waals surface area contributed by atoms with E-state index in [9.17, 15) is 14.4 Å². The van der Waals surface area contributed by atoms with Crippen molar-refractivity contribution < 1.29 is 19.1 Å². The Hall–Kier alpha value is -2.35. The van der Waals surface area contributed by atoms with E-state index in [1.165, 1.54) is 25.5 Å². The maximum atomic E-state index is 13.4. The number of fused-ring (bicyclic) bond motifs is 2. The Morgan fingerprint density at radius 3 is 2.75 bits per heavy atom. The van der Waals surface area contributed by atoms with E-state index in [0.29, 0.717) is 32.2 Å². The summed E-state index contributed by atoms with van der Waals surface area (Å²) >= 11 is 0. The van der Waals surface area contributed by atoms with Crippen LogP contribution in [0.2, 0.25) is 0 Å². The third-order valence-corrected chi connectivity index (χ3v) is 6.92. The summed E-state index contributed by atoms with van der Waals surface area (Å²) in [5.74, 6) is -0.221. The van der Waals surface area contributed by atoms with Crippen LogP contribution in [0, 0.1) is 5.92 Å². The highest BCUT2D eigenvalue weighted by atomic mass is 16.5. The molecule has 1 aliphatic carbocycles. The van der Waals surface area contributed by atoms with Crippen LogP contribution in [-0.4, -0.2) is 53.3 Å². The molecule has 176 valence electrons. The van der Waals surface area contributed by atoms with Gasteiger partial charge in [0.05, 0.1) is 19.8 Å². The highest BCUT2D eigenvalue weighted by Crippen LogP contribution is 2.30. The predicted molar refractivity (Wildman–Crippen MR) is 120 cm³/mol. The van der Waals surface area contributed by atoms with Crippen LogP contribution >= 0.6 is 0 Å². The Bertz CT molecular complexity index is 906. The first-order chi connectivity index (χ1) is 15.5. The lowest BCUT2D eigenvalue weighted by atomic mass is 9.89. The third kappa shape index (κ3) is 4.56. The molecular weight excluding hydrogens is 410 g/mol. The summed E-state index contributed by atoms with van der Waals surface area (Å²) < 4.78 is 13.4. The lowest BCUT2D eigenvalue weighted by Gasteiger charge is -2.44. The quantitative estimate of drug-likeness (QED) is 0.652. The topological polar surface area (TPSA) is 89.9 Å². The van der Waals surface area contributed by atoms with E-state index in [0.717, 1.165) is 32.1 Å². The second-order valence-electron chi connectivity index (χ2n) is 9.29. The first-order valence-corrected chi connectivity index (χ1v) is 12.1. The van der Waals surface area contributed by atoms with Gasteiger partial charge in [0.2, 0.25) is 5.43 Å². The molecule has 32 heavy (non-hydrogen) atoms. The summed E-state index contributed by atoms with van der Waals surface area (Å²) in [5.41, 5.74) is -0.254. The Labute approximate surface area is 189 Å². The number of rotatable bonds is 7. The molecule has 2 amide bonds. The number of hydrogen-bond acceptors (Lipinski definition) is 5. The minimum Gasteiger partial charge on any atom is -0.487 e. The molecular formula is C24H35N3O5. The number of unbranched alkanes of at least 4 members (excludes halogenated alkanes) is 1. The molecule has 0 aromatic carbocycles. The van der Waals surface area contributed by atoms with Gasteiger partial charge in [-0.05, 0) is 38.5 Å². The summed E-state index contributed by atoms with van der Waals surface area (Å²) in [6.07, 6.45) is 9.37. The van der Waals surface area contributed by atoms with E-state index in [1.54, 1.807) is 9.47 Å². The molecule has 1 saturated heterocycles. The molecule has 3 aliphatic rings. The molecule has 4 rings (SSSR count). The second kappa shape index (κ2) is 10.1. The Kier molecular flexibility index (Phi) is 7.18. The Balaban J connectivity index is 1.65. The van der Waals surface area contributed by atoms with Crippen LogP contribution in [0.1, 0.15) is 86.1 Å². The first-order valence-electron chi connectivity index (χ1n) is 12.1. The molecule has 0 unspecified atom stereocenters. The molecule has 1 saturated carbocycles. The molecule has 0 bridgehead atoms. The van der Waals surface area contributed by atoms with Crippen LogP contribution < -0.4 is 15.5 Å². The molecule has 2 fully saturated rings. The van der Waals surface area contributed by atoms with Crippen LogP contribution in [0.4, 0.5) is 0 Å². The van der Waals surface area contributed by atoms with Gasteiger partial charge in [0, 0.05) is 18.8 Å². The zero-order chi connectivity index (χ0) is 22.7. The molecule has 0 radical (unpaired) electrons. The number of nitrogens with one attached hydrogen (secondary N) is 1. The van der Waals surface area contributed by atoms with Gasteiger partial charge in [-0.3, -0.25) is 14.4 Å². The van der Waals surface area contributed by atoms with Crippen LogP contribution in [0.15, 0.2) is 11.0 Å². The fourth-order valence-electron chi connectivity index (χ4n) is 4.98. The van der Waals surface area contributed by atoms with Gasteiger partial charge in [-0.15, -0.1) is 0 Å². The van der Waals surface area contributed by atoms with E-state index >= 15 is 0 Å². The third-order valence-electron chi connectivity index (χ3n) is 6.92. The Morgan fingerprint density at radius 1 is 1.22 bits per heavy atom. The van der Waals surface area contributed by atoms with Crippen molar-refractivity contribution in [1.82, 2.24) is 14.8 Å². The Morgan fingerprint density at radius 2 is 2.00 bits per heavy atom. The largest absolute Gasteiger partial charge is 0.487 e. The minimum absolute atomic E-state index is 0.00927. The maximum Gasteiger partial charge on any atom is 0.276 e. The van der Waals surface area contributed by atoms with E-state index in [2.05, 4.69) is 5.32 Å². The van der Waals surface area contributed by atoms with Gasteiger partial charge in [-0.2, -0.15) is 0 Å². The average molecular weight is 446 g/mol. The number of carbonyl (C=O) groups excluding carboxylic acids is 2. The molecule has 8 heteroatoms. The fourth-order valence-corrected chi connectivity index (χ4v) is 4.98.